The standard InChI is InChI=1S/C18H31N3O3/c1-4-5-9-12-24-13-16(22)19-17-14(2)20(3)21(18(17)23)15-10-7-6-8-11-15/h15H,4-13H2,1-3H3,(H,19,22). The molecule has 0 radical (unpaired) electrons. The third-order valence-corrected chi connectivity index (χ3v) is 4.90. The van der Waals surface area contributed by atoms with E-state index in [9.17, 15) is 9.59 Å². The van der Waals surface area contributed by atoms with Crippen molar-refractivity contribution in [2.45, 2.75) is 71.3 Å². The Morgan fingerprint density at radius 3 is 2.62 bits per heavy atom. The molecule has 0 aliphatic heterocycles. The van der Waals surface area contributed by atoms with Crippen molar-refractivity contribution in [2.24, 2.45) is 7.05 Å². The lowest BCUT2D eigenvalue weighted by atomic mass is 9.96. The summed E-state index contributed by atoms with van der Waals surface area (Å²) < 4.78 is 9.07. The van der Waals surface area contributed by atoms with E-state index in [1.54, 1.807) is 0 Å². The van der Waals surface area contributed by atoms with Gasteiger partial charge in [0.15, 0.2) is 0 Å². The second kappa shape index (κ2) is 9.06. The highest BCUT2D eigenvalue weighted by atomic mass is 16.5. The number of ether oxygens (including phenoxy) is 1. The number of hydrogen-bond donors (Lipinski definition) is 1. The second-order valence-corrected chi connectivity index (χ2v) is 6.73. The van der Waals surface area contributed by atoms with Crippen molar-refractivity contribution < 1.29 is 9.53 Å². The van der Waals surface area contributed by atoms with Gasteiger partial charge in [0, 0.05) is 13.7 Å². The summed E-state index contributed by atoms with van der Waals surface area (Å²) in [6.07, 6.45) is 8.82. The van der Waals surface area contributed by atoms with Crippen molar-refractivity contribution in [1.29, 1.82) is 0 Å². The van der Waals surface area contributed by atoms with Gasteiger partial charge < -0.3 is 10.1 Å². The van der Waals surface area contributed by atoms with Gasteiger partial charge in [-0.1, -0.05) is 39.0 Å². The molecule has 24 heavy (non-hydrogen) atoms. The molecule has 6 heteroatoms. The third-order valence-electron chi connectivity index (χ3n) is 4.90. The molecule has 1 aliphatic rings. The maximum Gasteiger partial charge on any atom is 0.290 e. The van der Waals surface area contributed by atoms with Crippen molar-refractivity contribution in [3.63, 3.8) is 0 Å². The summed E-state index contributed by atoms with van der Waals surface area (Å²) in [5, 5.41) is 2.75. The zero-order valence-electron chi connectivity index (χ0n) is 15.3. The van der Waals surface area contributed by atoms with Crippen molar-refractivity contribution >= 4 is 11.6 Å². The summed E-state index contributed by atoms with van der Waals surface area (Å²) in [5.41, 5.74) is 1.09. The minimum atomic E-state index is -0.256. The predicted molar refractivity (Wildman–Crippen MR) is 95.5 cm³/mol. The molecule has 1 N–H and O–H groups in total. The fourth-order valence-corrected chi connectivity index (χ4v) is 3.40. The SMILES string of the molecule is CCCCCOCC(=O)Nc1c(C)n(C)n(C2CCCCC2)c1=O. The Labute approximate surface area is 144 Å². The first-order valence-corrected chi connectivity index (χ1v) is 9.22. The molecule has 0 spiro atoms. The van der Waals surface area contributed by atoms with Gasteiger partial charge in [0.2, 0.25) is 0 Å². The molecule has 1 aliphatic carbocycles. The Hall–Kier alpha value is -1.56. The number of hydrogen-bond acceptors (Lipinski definition) is 3. The number of nitrogens with zero attached hydrogens (tertiary/aromatic N) is 2. The highest BCUT2D eigenvalue weighted by Gasteiger charge is 2.24. The molecule has 0 atom stereocenters. The highest BCUT2D eigenvalue weighted by Crippen LogP contribution is 2.28. The summed E-state index contributed by atoms with van der Waals surface area (Å²) in [6, 6.07) is 0.242. The zero-order chi connectivity index (χ0) is 17.5. The molecule has 136 valence electrons. The topological polar surface area (TPSA) is 65.3 Å². The van der Waals surface area contributed by atoms with Crippen LogP contribution >= 0.6 is 0 Å². The first-order chi connectivity index (χ1) is 11.6. The smallest absolute Gasteiger partial charge is 0.290 e. The van der Waals surface area contributed by atoms with E-state index in [0.717, 1.165) is 50.6 Å². The van der Waals surface area contributed by atoms with E-state index in [-0.39, 0.29) is 24.1 Å². The second-order valence-electron chi connectivity index (χ2n) is 6.73. The summed E-state index contributed by atoms with van der Waals surface area (Å²) in [6.45, 7) is 4.59. The van der Waals surface area contributed by atoms with E-state index >= 15 is 0 Å². The Bertz CT molecular complexity index is 597. The lowest BCUT2D eigenvalue weighted by molar-refractivity contribution is -0.120. The number of aromatic nitrogens is 2. The van der Waals surface area contributed by atoms with Crippen molar-refractivity contribution in [3.8, 4) is 0 Å². The van der Waals surface area contributed by atoms with Crippen LogP contribution < -0.4 is 10.9 Å². The first kappa shape index (κ1) is 18.8. The molecule has 1 fully saturated rings. The van der Waals surface area contributed by atoms with Gasteiger partial charge in [-0.2, -0.15) is 0 Å². The predicted octanol–water partition coefficient (Wildman–Crippen LogP) is 3.15. The minimum Gasteiger partial charge on any atom is -0.372 e. The molecule has 1 aromatic heterocycles. The maximum absolute atomic E-state index is 12.7. The van der Waals surface area contributed by atoms with Crippen LogP contribution in [0, 0.1) is 6.92 Å². The summed E-state index contributed by atoms with van der Waals surface area (Å²) in [5.74, 6) is -0.256. The van der Waals surface area contributed by atoms with Crippen molar-refractivity contribution in [2.75, 3.05) is 18.5 Å². The third kappa shape index (κ3) is 4.50. The number of unbranched alkanes of at least 4 members (excludes halogenated alkanes) is 2. The number of anilines is 1. The zero-order valence-corrected chi connectivity index (χ0v) is 15.3. The van der Waals surface area contributed by atoms with Crippen LogP contribution in [0.15, 0.2) is 4.79 Å². The van der Waals surface area contributed by atoms with E-state index in [2.05, 4.69) is 12.2 Å². The van der Waals surface area contributed by atoms with Gasteiger partial charge in [0.05, 0.1) is 11.7 Å². The molecule has 1 amide bonds. The van der Waals surface area contributed by atoms with E-state index < -0.39 is 0 Å². The Kier molecular flexibility index (Phi) is 7.09. The molecule has 6 nitrogen and oxygen atoms in total. The molecule has 1 saturated carbocycles. The Morgan fingerprint density at radius 2 is 1.96 bits per heavy atom. The van der Waals surface area contributed by atoms with Gasteiger partial charge in [-0.25, -0.2) is 4.68 Å². The van der Waals surface area contributed by atoms with Crippen LogP contribution in [0.3, 0.4) is 0 Å². The number of nitrogens with one attached hydrogen (secondary N) is 1. The molecule has 2 rings (SSSR count). The van der Waals surface area contributed by atoms with Crippen LogP contribution in [0.25, 0.3) is 0 Å². The molecule has 1 aromatic rings. The Morgan fingerprint density at radius 1 is 1.25 bits per heavy atom. The van der Waals surface area contributed by atoms with Crippen LogP contribution in [0.4, 0.5) is 5.69 Å². The molecule has 0 aromatic carbocycles. The molecular weight excluding hydrogens is 306 g/mol. The Balaban J connectivity index is 2.00. The lowest BCUT2D eigenvalue weighted by Gasteiger charge is -2.24. The summed E-state index contributed by atoms with van der Waals surface area (Å²) in [7, 11) is 1.89. The lowest BCUT2D eigenvalue weighted by Crippen LogP contribution is -2.30. The van der Waals surface area contributed by atoms with Crippen LogP contribution in [-0.4, -0.2) is 28.5 Å². The van der Waals surface area contributed by atoms with Crippen molar-refractivity contribution in [1.82, 2.24) is 9.36 Å². The normalized spacial score (nSPS) is 15.6. The minimum absolute atomic E-state index is 0.000910. The number of carbonyl (C=O) groups excluding carboxylic acids is 1. The summed E-state index contributed by atoms with van der Waals surface area (Å²) >= 11 is 0. The van der Waals surface area contributed by atoms with Gasteiger partial charge in [0.25, 0.3) is 11.5 Å². The molecule has 1 heterocycles. The van der Waals surface area contributed by atoms with E-state index in [0.29, 0.717) is 12.3 Å². The molecule has 0 unspecified atom stereocenters. The average Bonchev–Trinajstić information content (AvgIpc) is 2.79. The van der Waals surface area contributed by atoms with E-state index in [1.165, 1.54) is 6.42 Å². The van der Waals surface area contributed by atoms with Gasteiger partial charge >= 0.3 is 0 Å². The summed E-state index contributed by atoms with van der Waals surface area (Å²) in [4.78, 5) is 24.8. The maximum atomic E-state index is 12.7. The molecular formula is C18H31N3O3. The number of amides is 1. The monoisotopic (exact) mass is 337 g/mol. The van der Waals surface area contributed by atoms with Crippen LogP contribution in [0.5, 0.6) is 0 Å². The van der Waals surface area contributed by atoms with Crippen LogP contribution in [0.1, 0.15) is 70.0 Å². The van der Waals surface area contributed by atoms with Gasteiger partial charge in [0.1, 0.15) is 12.3 Å². The molecule has 0 bridgehead atoms. The number of rotatable bonds is 8. The van der Waals surface area contributed by atoms with Crippen LogP contribution in [0.2, 0.25) is 0 Å². The first-order valence-electron chi connectivity index (χ1n) is 9.22. The fraction of sp³-hybridized carbons (Fsp3) is 0.778. The van der Waals surface area contributed by atoms with Gasteiger partial charge in [-0.15, -0.1) is 0 Å². The number of carbonyl (C=O) groups is 1. The van der Waals surface area contributed by atoms with Gasteiger partial charge in [-0.05, 0) is 26.2 Å². The van der Waals surface area contributed by atoms with Gasteiger partial charge in [-0.3, -0.25) is 14.3 Å². The van der Waals surface area contributed by atoms with Crippen molar-refractivity contribution in [3.05, 3.63) is 16.0 Å². The highest BCUT2D eigenvalue weighted by molar-refractivity contribution is 5.92. The van der Waals surface area contributed by atoms with E-state index in [1.807, 2.05) is 23.3 Å². The van der Waals surface area contributed by atoms with E-state index in [4.69, 9.17) is 4.74 Å². The average molecular weight is 337 g/mol. The fourth-order valence-electron chi connectivity index (χ4n) is 3.40. The largest absolute Gasteiger partial charge is 0.372 e. The quantitative estimate of drug-likeness (QED) is 0.741. The van der Waals surface area contributed by atoms with Crippen LogP contribution in [-0.2, 0) is 16.6 Å². The molecule has 0 saturated heterocycles.